The molecule has 0 spiro atoms. The first-order chi connectivity index (χ1) is 5.59. The Balaban J connectivity index is 2.64. The average Bonchev–Trinajstić information content (AvgIpc) is 2.35. The summed E-state index contributed by atoms with van der Waals surface area (Å²) in [6.07, 6.45) is 0. The van der Waals surface area contributed by atoms with Gasteiger partial charge in [-0.2, -0.15) is 5.10 Å². The zero-order valence-electron chi connectivity index (χ0n) is 6.84. The van der Waals surface area contributed by atoms with Crippen molar-refractivity contribution in [3.63, 3.8) is 0 Å². The van der Waals surface area contributed by atoms with Gasteiger partial charge in [0, 0.05) is 18.7 Å². The SMILES string of the molecule is CC(=O)C(=O)Nc1cc(C)[nH]n1. The molecule has 1 amide bonds. The molecule has 0 saturated heterocycles. The third-order valence-corrected chi connectivity index (χ3v) is 1.27. The second-order valence-electron chi connectivity index (χ2n) is 2.45. The van der Waals surface area contributed by atoms with Gasteiger partial charge in [-0.05, 0) is 6.92 Å². The van der Waals surface area contributed by atoms with E-state index in [2.05, 4.69) is 15.5 Å². The van der Waals surface area contributed by atoms with Gasteiger partial charge < -0.3 is 5.32 Å². The molecular weight excluding hydrogens is 158 g/mol. The fourth-order valence-corrected chi connectivity index (χ4v) is 0.686. The Morgan fingerprint density at radius 1 is 1.58 bits per heavy atom. The molecule has 0 atom stereocenters. The second kappa shape index (κ2) is 3.17. The summed E-state index contributed by atoms with van der Waals surface area (Å²) in [5.74, 6) is -0.815. The van der Waals surface area contributed by atoms with Crippen molar-refractivity contribution in [2.45, 2.75) is 13.8 Å². The van der Waals surface area contributed by atoms with Gasteiger partial charge in [-0.15, -0.1) is 0 Å². The first kappa shape index (κ1) is 8.45. The number of nitrogens with zero attached hydrogens (tertiary/aromatic N) is 1. The van der Waals surface area contributed by atoms with E-state index in [1.807, 2.05) is 0 Å². The fourth-order valence-electron chi connectivity index (χ4n) is 0.686. The highest BCUT2D eigenvalue weighted by molar-refractivity contribution is 6.39. The number of aromatic amines is 1. The minimum absolute atomic E-state index is 0.368. The number of carbonyl (C=O) groups excluding carboxylic acids is 2. The van der Waals surface area contributed by atoms with Crippen LogP contribution in [0.15, 0.2) is 6.07 Å². The standard InChI is InChI=1S/C7H9N3O2/c1-4-3-6(10-9-4)8-7(12)5(2)11/h3H,1-2H3,(H2,8,9,10,12). The summed E-state index contributed by atoms with van der Waals surface area (Å²) in [7, 11) is 0. The number of ketones is 1. The number of hydrogen-bond donors (Lipinski definition) is 2. The van der Waals surface area contributed by atoms with E-state index in [-0.39, 0.29) is 0 Å². The first-order valence-electron chi connectivity index (χ1n) is 3.43. The molecule has 0 aliphatic carbocycles. The molecule has 0 saturated carbocycles. The molecular formula is C7H9N3O2. The third-order valence-electron chi connectivity index (χ3n) is 1.27. The number of rotatable bonds is 2. The van der Waals surface area contributed by atoms with E-state index in [1.54, 1.807) is 13.0 Å². The lowest BCUT2D eigenvalue weighted by atomic mass is 10.4. The lowest BCUT2D eigenvalue weighted by Gasteiger charge is -1.94. The molecule has 0 aromatic carbocycles. The Labute approximate surface area is 69.2 Å². The molecule has 1 heterocycles. The summed E-state index contributed by atoms with van der Waals surface area (Å²) in [6.45, 7) is 3.01. The molecule has 0 aliphatic rings. The molecule has 5 heteroatoms. The third kappa shape index (κ3) is 1.91. The van der Waals surface area contributed by atoms with E-state index in [0.717, 1.165) is 5.69 Å². The van der Waals surface area contributed by atoms with Crippen molar-refractivity contribution in [2.24, 2.45) is 0 Å². The lowest BCUT2D eigenvalue weighted by molar-refractivity contribution is -0.133. The Kier molecular flexibility index (Phi) is 2.23. The van der Waals surface area contributed by atoms with Gasteiger partial charge in [0.2, 0.25) is 5.78 Å². The van der Waals surface area contributed by atoms with Crippen LogP contribution in [-0.2, 0) is 9.59 Å². The van der Waals surface area contributed by atoms with E-state index >= 15 is 0 Å². The van der Waals surface area contributed by atoms with Crippen molar-refractivity contribution in [1.29, 1.82) is 0 Å². The van der Waals surface area contributed by atoms with Crippen molar-refractivity contribution < 1.29 is 9.59 Å². The summed E-state index contributed by atoms with van der Waals surface area (Å²) >= 11 is 0. The summed E-state index contributed by atoms with van der Waals surface area (Å²) < 4.78 is 0. The van der Waals surface area contributed by atoms with Gasteiger partial charge in [-0.3, -0.25) is 14.7 Å². The number of carbonyl (C=O) groups is 2. The number of anilines is 1. The zero-order chi connectivity index (χ0) is 9.14. The van der Waals surface area contributed by atoms with Crippen LogP contribution < -0.4 is 5.32 Å². The number of hydrogen-bond acceptors (Lipinski definition) is 3. The van der Waals surface area contributed by atoms with Crippen LogP contribution in [0.3, 0.4) is 0 Å². The highest BCUT2D eigenvalue weighted by atomic mass is 16.2. The van der Waals surface area contributed by atoms with Crippen LogP contribution >= 0.6 is 0 Å². The molecule has 1 aromatic rings. The maximum Gasteiger partial charge on any atom is 0.292 e. The fraction of sp³-hybridized carbons (Fsp3) is 0.286. The average molecular weight is 167 g/mol. The van der Waals surface area contributed by atoms with E-state index in [4.69, 9.17) is 0 Å². The summed E-state index contributed by atoms with van der Waals surface area (Å²) in [5, 5.41) is 8.70. The van der Waals surface area contributed by atoms with E-state index < -0.39 is 11.7 Å². The monoisotopic (exact) mass is 167 g/mol. The molecule has 1 rings (SSSR count). The van der Waals surface area contributed by atoms with Crippen LogP contribution in [0.5, 0.6) is 0 Å². The molecule has 0 aliphatic heterocycles. The molecule has 0 radical (unpaired) electrons. The molecule has 0 fully saturated rings. The minimum Gasteiger partial charge on any atom is -0.303 e. The van der Waals surface area contributed by atoms with Gasteiger partial charge in [-0.1, -0.05) is 0 Å². The van der Waals surface area contributed by atoms with Gasteiger partial charge in [-0.25, -0.2) is 0 Å². The molecule has 0 unspecified atom stereocenters. The number of aryl methyl sites for hydroxylation is 1. The maximum atomic E-state index is 10.8. The topological polar surface area (TPSA) is 74.8 Å². The van der Waals surface area contributed by atoms with Gasteiger partial charge in [0.15, 0.2) is 5.82 Å². The smallest absolute Gasteiger partial charge is 0.292 e. The molecule has 0 bridgehead atoms. The van der Waals surface area contributed by atoms with Crippen molar-refractivity contribution in [1.82, 2.24) is 10.2 Å². The highest BCUT2D eigenvalue weighted by Crippen LogP contribution is 2.02. The van der Waals surface area contributed by atoms with Gasteiger partial charge in [0.25, 0.3) is 5.91 Å². The quantitative estimate of drug-likeness (QED) is 0.620. The predicted molar refractivity (Wildman–Crippen MR) is 42.6 cm³/mol. The van der Waals surface area contributed by atoms with Crippen molar-refractivity contribution in [2.75, 3.05) is 5.32 Å². The number of aromatic nitrogens is 2. The Morgan fingerprint density at radius 2 is 2.25 bits per heavy atom. The van der Waals surface area contributed by atoms with Gasteiger partial charge >= 0.3 is 0 Å². The predicted octanol–water partition coefficient (Wildman–Crippen LogP) is 0.246. The van der Waals surface area contributed by atoms with Gasteiger partial charge in [0.1, 0.15) is 0 Å². The minimum atomic E-state index is -0.651. The van der Waals surface area contributed by atoms with Crippen LogP contribution in [0, 0.1) is 6.92 Å². The molecule has 12 heavy (non-hydrogen) atoms. The Morgan fingerprint density at radius 3 is 2.67 bits per heavy atom. The zero-order valence-corrected chi connectivity index (χ0v) is 6.84. The summed E-state index contributed by atoms with van der Waals surface area (Å²) in [4.78, 5) is 21.3. The van der Waals surface area contributed by atoms with Crippen LogP contribution in [0.25, 0.3) is 0 Å². The number of Topliss-reactive ketones (excluding diaryl/α,β-unsaturated/α-hetero) is 1. The van der Waals surface area contributed by atoms with E-state index in [9.17, 15) is 9.59 Å². The summed E-state index contributed by atoms with van der Waals surface area (Å²) in [6, 6.07) is 1.64. The van der Waals surface area contributed by atoms with Crippen molar-refractivity contribution >= 4 is 17.5 Å². The molecule has 1 aromatic heterocycles. The Bertz CT molecular complexity index is 316. The Hall–Kier alpha value is -1.65. The lowest BCUT2D eigenvalue weighted by Crippen LogP contribution is -2.19. The number of H-pyrrole nitrogens is 1. The van der Waals surface area contributed by atoms with Crippen LogP contribution in [0.4, 0.5) is 5.82 Å². The highest BCUT2D eigenvalue weighted by Gasteiger charge is 2.08. The van der Waals surface area contributed by atoms with Crippen molar-refractivity contribution in [3.05, 3.63) is 11.8 Å². The molecule has 2 N–H and O–H groups in total. The van der Waals surface area contributed by atoms with Gasteiger partial charge in [0.05, 0.1) is 0 Å². The number of nitrogens with one attached hydrogen (secondary N) is 2. The molecule has 64 valence electrons. The van der Waals surface area contributed by atoms with E-state index in [0.29, 0.717) is 5.82 Å². The summed E-state index contributed by atoms with van der Waals surface area (Å²) in [5.41, 5.74) is 0.828. The van der Waals surface area contributed by atoms with Crippen molar-refractivity contribution in [3.8, 4) is 0 Å². The second-order valence-corrected chi connectivity index (χ2v) is 2.45. The molecule has 5 nitrogen and oxygen atoms in total. The first-order valence-corrected chi connectivity index (χ1v) is 3.43. The number of amides is 1. The van der Waals surface area contributed by atoms with Crippen LogP contribution in [0.1, 0.15) is 12.6 Å². The largest absolute Gasteiger partial charge is 0.303 e. The van der Waals surface area contributed by atoms with Crippen LogP contribution in [0.2, 0.25) is 0 Å². The normalized spacial score (nSPS) is 9.50. The van der Waals surface area contributed by atoms with E-state index in [1.165, 1.54) is 6.92 Å². The van der Waals surface area contributed by atoms with Crippen LogP contribution in [-0.4, -0.2) is 21.9 Å². The maximum absolute atomic E-state index is 10.8.